The van der Waals surface area contributed by atoms with Gasteiger partial charge in [-0.05, 0) is 74.4 Å². The van der Waals surface area contributed by atoms with Crippen LogP contribution in [0.4, 0.5) is 13.2 Å². The number of likely N-dealkylation sites (N-methyl/N-ethyl adjacent to an activating group) is 1. The Balaban J connectivity index is 1.56. The van der Waals surface area contributed by atoms with Gasteiger partial charge in [0, 0.05) is 42.8 Å². The highest BCUT2D eigenvalue weighted by molar-refractivity contribution is 7.09. The zero-order valence-corrected chi connectivity index (χ0v) is 35.2. The van der Waals surface area contributed by atoms with E-state index < -0.39 is 53.6 Å². The average Bonchev–Trinajstić information content (AvgIpc) is 3.69. The van der Waals surface area contributed by atoms with Crippen molar-refractivity contribution in [3.63, 3.8) is 0 Å². The van der Waals surface area contributed by atoms with Gasteiger partial charge in [-0.15, -0.1) is 11.3 Å². The largest absolute Gasteiger partial charge is 0.481 e. The minimum absolute atomic E-state index is 0.000732. The standard InChI is InChI=1S/C44H59F3N4O6S/c1-7-28(4)34(23-38(52)36-15-11-12-20-50(36)6)42(55)51(25-31-13-9-8-10-14-31)37(27(2)3)24-39(53)41-49-35(26-58-41)40(54)48-33(21-29(5)43(56)57)22-30-16-18-32(19-17-30)44(45,46)47/h8-10,13-14,16-19,26-29,33-34,36-37,39,53H,7,11-12,15,20-25H2,1-6H3,(H,48,54)(H,56,57). The third-order valence-electron chi connectivity index (χ3n) is 11.5. The normalized spacial score (nSPS) is 18.2. The van der Waals surface area contributed by atoms with Crippen LogP contribution < -0.4 is 5.32 Å². The van der Waals surface area contributed by atoms with E-state index >= 15 is 0 Å². The number of alkyl halides is 3. The molecule has 58 heavy (non-hydrogen) atoms. The van der Waals surface area contributed by atoms with Crippen molar-refractivity contribution in [2.45, 2.75) is 123 Å². The molecule has 14 heteroatoms. The minimum Gasteiger partial charge on any atom is -0.481 e. The van der Waals surface area contributed by atoms with Crippen LogP contribution in [0.15, 0.2) is 60.0 Å². The van der Waals surface area contributed by atoms with Gasteiger partial charge >= 0.3 is 12.1 Å². The molecule has 0 aliphatic carbocycles. The number of hydrogen-bond donors (Lipinski definition) is 3. The Morgan fingerprint density at radius 3 is 2.24 bits per heavy atom. The van der Waals surface area contributed by atoms with Crippen LogP contribution in [0.5, 0.6) is 0 Å². The SMILES string of the molecule is CCC(C)C(CC(=O)C1CCCCN1C)C(=O)N(Cc1ccccc1)C(CC(O)c1nc(C(=O)NC(Cc2ccc(C(F)(F)F)cc2)CC(C)C(=O)O)cs1)C(C)C. The number of benzene rings is 2. The van der Waals surface area contributed by atoms with Gasteiger partial charge in [-0.2, -0.15) is 13.2 Å². The van der Waals surface area contributed by atoms with Crippen LogP contribution in [-0.2, 0) is 33.5 Å². The molecule has 318 valence electrons. The Labute approximate surface area is 344 Å². The zero-order valence-electron chi connectivity index (χ0n) is 34.4. The van der Waals surface area contributed by atoms with Gasteiger partial charge in [0.15, 0.2) is 5.78 Å². The number of aliphatic carboxylic acids is 1. The number of nitrogens with zero attached hydrogens (tertiary/aromatic N) is 3. The molecule has 7 atom stereocenters. The van der Waals surface area contributed by atoms with E-state index in [2.05, 4.69) is 15.2 Å². The molecule has 2 heterocycles. The van der Waals surface area contributed by atoms with E-state index in [0.29, 0.717) is 12.0 Å². The predicted octanol–water partition coefficient (Wildman–Crippen LogP) is 8.20. The lowest BCUT2D eigenvalue weighted by molar-refractivity contribution is -0.145. The number of ketones is 1. The number of aliphatic hydroxyl groups excluding tert-OH is 1. The van der Waals surface area contributed by atoms with Crippen molar-refractivity contribution in [1.29, 1.82) is 0 Å². The maximum atomic E-state index is 14.8. The molecular formula is C44H59F3N4O6S. The first-order chi connectivity index (χ1) is 27.4. The van der Waals surface area contributed by atoms with Crippen LogP contribution in [0.25, 0.3) is 0 Å². The number of nitrogens with one attached hydrogen (secondary N) is 1. The summed E-state index contributed by atoms with van der Waals surface area (Å²) in [5.74, 6) is -3.33. The zero-order chi connectivity index (χ0) is 42.7. The van der Waals surface area contributed by atoms with Crippen molar-refractivity contribution in [3.05, 3.63) is 87.4 Å². The predicted molar refractivity (Wildman–Crippen MR) is 218 cm³/mol. The van der Waals surface area contributed by atoms with Crippen molar-refractivity contribution < 1.29 is 42.6 Å². The van der Waals surface area contributed by atoms with Crippen LogP contribution in [0, 0.1) is 23.7 Å². The fraction of sp³-hybridized carbons (Fsp3) is 0.568. The number of rotatable bonds is 20. The van der Waals surface area contributed by atoms with Gasteiger partial charge in [0.25, 0.3) is 5.91 Å². The van der Waals surface area contributed by atoms with E-state index in [-0.39, 0.29) is 72.5 Å². The molecule has 10 nitrogen and oxygen atoms in total. The van der Waals surface area contributed by atoms with Crippen LogP contribution in [0.2, 0.25) is 0 Å². The van der Waals surface area contributed by atoms with Crippen molar-refractivity contribution >= 4 is 34.9 Å². The van der Waals surface area contributed by atoms with Crippen LogP contribution >= 0.6 is 11.3 Å². The molecule has 1 fully saturated rings. The summed E-state index contributed by atoms with van der Waals surface area (Å²) >= 11 is 1.08. The van der Waals surface area contributed by atoms with E-state index in [9.17, 15) is 42.6 Å². The number of carbonyl (C=O) groups is 4. The number of likely N-dealkylation sites (tertiary alicyclic amines) is 1. The van der Waals surface area contributed by atoms with E-state index in [1.54, 1.807) is 0 Å². The second-order valence-corrected chi connectivity index (χ2v) is 17.2. The Morgan fingerprint density at radius 2 is 1.66 bits per heavy atom. The number of carboxylic acids is 1. The van der Waals surface area contributed by atoms with Crippen molar-refractivity contribution in [2.24, 2.45) is 23.7 Å². The summed E-state index contributed by atoms with van der Waals surface area (Å²) in [6, 6.07) is 12.7. The molecule has 1 aromatic heterocycles. The maximum Gasteiger partial charge on any atom is 0.416 e. The lowest BCUT2D eigenvalue weighted by atomic mass is 9.82. The molecule has 1 saturated heterocycles. The maximum absolute atomic E-state index is 14.8. The Morgan fingerprint density at radius 1 is 0.983 bits per heavy atom. The van der Waals surface area contributed by atoms with Gasteiger partial charge < -0.3 is 20.4 Å². The topological polar surface area (TPSA) is 140 Å². The molecule has 1 aliphatic rings. The molecule has 0 bridgehead atoms. The number of aromatic nitrogens is 1. The molecule has 0 spiro atoms. The van der Waals surface area contributed by atoms with Gasteiger partial charge in [0.1, 0.15) is 16.8 Å². The summed E-state index contributed by atoms with van der Waals surface area (Å²) in [5.41, 5.74) is 0.583. The number of carbonyl (C=O) groups excluding carboxylic acids is 3. The molecule has 2 amide bonds. The second-order valence-electron chi connectivity index (χ2n) is 16.3. The molecule has 4 rings (SSSR count). The Bertz CT molecular complexity index is 1800. The highest BCUT2D eigenvalue weighted by Crippen LogP contribution is 2.33. The van der Waals surface area contributed by atoms with Gasteiger partial charge in [-0.3, -0.25) is 24.1 Å². The van der Waals surface area contributed by atoms with E-state index in [1.807, 2.05) is 70.0 Å². The van der Waals surface area contributed by atoms with Crippen molar-refractivity contribution in [3.8, 4) is 0 Å². The van der Waals surface area contributed by atoms with Crippen LogP contribution in [-0.4, -0.2) is 80.3 Å². The number of hydrogen-bond acceptors (Lipinski definition) is 8. The number of amides is 2. The fourth-order valence-electron chi connectivity index (χ4n) is 7.73. The molecule has 2 aromatic carbocycles. The number of carboxylic acid groups (broad SMARTS) is 1. The molecule has 0 saturated carbocycles. The van der Waals surface area contributed by atoms with Gasteiger partial charge in [0.2, 0.25) is 5.91 Å². The quantitative estimate of drug-likeness (QED) is 0.104. The first kappa shape index (κ1) is 46.5. The Kier molecular flexibility index (Phi) is 17.0. The number of thiazole rings is 1. The number of halogens is 3. The van der Waals surface area contributed by atoms with Gasteiger partial charge in [0.05, 0.1) is 17.5 Å². The third-order valence-corrected chi connectivity index (χ3v) is 12.5. The monoisotopic (exact) mass is 828 g/mol. The molecule has 3 N–H and O–H groups in total. The van der Waals surface area contributed by atoms with E-state index in [0.717, 1.165) is 54.8 Å². The summed E-state index contributed by atoms with van der Waals surface area (Å²) < 4.78 is 39.4. The average molecular weight is 829 g/mol. The lowest BCUT2D eigenvalue weighted by Crippen LogP contribution is -2.49. The second kappa shape index (κ2) is 21.2. The summed E-state index contributed by atoms with van der Waals surface area (Å²) in [5, 5.41) is 25.8. The van der Waals surface area contributed by atoms with Gasteiger partial charge in [-0.1, -0.05) is 89.9 Å². The fourth-order valence-corrected chi connectivity index (χ4v) is 8.53. The third kappa shape index (κ3) is 12.9. The summed E-state index contributed by atoms with van der Waals surface area (Å²) in [6.07, 6.45) is -1.80. The molecular weight excluding hydrogens is 770 g/mol. The summed E-state index contributed by atoms with van der Waals surface area (Å²) in [7, 11) is 1.97. The van der Waals surface area contributed by atoms with Gasteiger partial charge in [-0.25, -0.2) is 4.98 Å². The molecule has 0 radical (unpaired) electrons. The molecule has 7 unspecified atom stereocenters. The Hall–Kier alpha value is -4.14. The van der Waals surface area contributed by atoms with Crippen molar-refractivity contribution in [1.82, 2.24) is 20.1 Å². The minimum atomic E-state index is -4.51. The lowest BCUT2D eigenvalue weighted by Gasteiger charge is -2.39. The highest BCUT2D eigenvalue weighted by atomic mass is 32.1. The smallest absolute Gasteiger partial charge is 0.416 e. The van der Waals surface area contributed by atoms with Crippen molar-refractivity contribution in [2.75, 3.05) is 13.6 Å². The molecule has 3 aromatic rings. The molecule has 1 aliphatic heterocycles. The van der Waals surface area contributed by atoms with Crippen LogP contribution in [0.1, 0.15) is 118 Å². The number of Topliss-reactive ketones (excluding diaryl/α,β-unsaturated/α-hetero) is 1. The number of piperidine rings is 1. The summed E-state index contributed by atoms with van der Waals surface area (Å²) in [4.78, 5) is 62.2. The van der Waals surface area contributed by atoms with E-state index in [1.165, 1.54) is 24.4 Å². The number of aliphatic hydroxyl groups is 1. The first-order valence-corrected chi connectivity index (χ1v) is 21.2. The highest BCUT2D eigenvalue weighted by Gasteiger charge is 2.38. The van der Waals surface area contributed by atoms with E-state index in [4.69, 9.17) is 0 Å². The first-order valence-electron chi connectivity index (χ1n) is 20.3. The summed E-state index contributed by atoms with van der Waals surface area (Å²) in [6.45, 7) is 10.6. The van der Waals surface area contributed by atoms with Crippen LogP contribution in [0.3, 0.4) is 0 Å².